The SMILES string of the molecule is CCCc1c(NN)ncnc1NCC1(C)CCN(C)CC1. The molecule has 1 saturated heterocycles. The number of hydrogen-bond acceptors (Lipinski definition) is 6. The summed E-state index contributed by atoms with van der Waals surface area (Å²) in [4.78, 5) is 11.0. The average Bonchev–Trinajstić information content (AvgIpc) is 2.50. The molecule has 6 heteroatoms. The molecule has 0 radical (unpaired) electrons. The van der Waals surface area contributed by atoms with Crippen LogP contribution in [0.1, 0.15) is 38.7 Å². The van der Waals surface area contributed by atoms with Crippen molar-refractivity contribution in [2.24, 2.45) is 11.3 Å². The Kier molecular flexibility index (Phi) is 5.36. The van der Waals surface area contributed by atoms with Crippen molar-refractivity contribution in [2.45, 2.75) is 39.5 Å². The summed E-state index contributed by atoms with van der Waals surface area (Å²) in [6, 6.07) is 0. The van der Waals surface area contributed by atoms with E-state index in [1.807, 2.05) is 0 Å². The Morgan fingerprint density at radius 2 is 1.95 bits per heavy atom. The Bertz CT molecular complexity index is 453. The van der Waals surface area contributed by atoms with Crippen molar-refractivity contribution in [1.29, 1.82) is 0 Å². The van der Waals surface area contributed by atoms with Crippen LogP contribution >= 0.6 is 0 Å². The minimum atomic E-state index is 0.331. The highest BCUT2D eigenvalue weighted by atomic mass is 15.3. The molecule has 0 aromatic carbocycles. The summed E-state index contributed by atoms with van der Waals surface area (Å²) in [7, 11) is 2.19. The molecule has 0 unspecified atom stereocenters. The first kappa shape index (κ1) is 16.0. The normalized spacial score (nSPS) is 18.5. The van der Waals surface area contributed by atoms with Crippen molar-refractivity contribution in [3.63, 3.8) is 0 Å². The van der Waals surface area contributed by atoms with Crippen LogP contribution in [0.2, 0.25) is 0 Å². The van der Waals surface area contributed by atoms with Gasteiger partial charge in [-0.15, -0.1) is 0 Å². The Morgan fingerprint density at radius 1 is 1.29 bits per heavy atom. The van der Waals surface area contributed by atoms with E-state index in [1.165, 1.54) is 25.9 Å². The molecule has 2 heterocycles. The van der Waals surface area contributed by atoms with Gasteiger partial charge in [-0.05, 0) is 44.8 Å². The van der Waals surface area contributed by atoms with Crippen LogP contribution in [-0.2, 0) is 6.42 Å². The summed E-state index contributed by atoms with van der Waals surface area (Å²) in [6.07, 6.45) is 5.95. The average molecular weight is 292 g/mol. The van der Waals surface area contributed by atoms with Crippen LogP contribution < -0.4 is 16.6 Å². The third-order valence-electron chi connectivity index (χ3n) is 4.46. The van der Waals surface area contributed by atoms with Crippen molar-refractivity contribution in [2.75, 3.05) is 37.4 Å². The Morgan fingerprint density at radius 3 is 2.57 bits per heavy atom. The molecule has 0 saturated carbocycles. The number of hydrazine groups is 1. The highest BCUT2D eigenvalue weighted by molar-refractivity contribution is 5.57. The number of aromatic nitrogens is 2. The topological polar surface area (TPSA) is 79.1 Å². The fourth-order valence-electron chi connectivity index (χ4n) is 2.81. The van der Waals surface area contributed by atoms with Gasteiger partial charge in [-0.25, -0.2) is 15.8 Å². The molecule has 0 amide bonds. The lowest BCUT2D eigenvalue weighted by Crippen LogP contribution is -2.40. The number of nitrogen functional groups attached to an aromatic ring is 1. The molecule has 0 bridgehead atoms. The molecule has 1 aliphatic heterocycles. The molecule has 1 aliphatic rings. The van der Waals surface area contributed by atoms with Crippen molar-refractivity contribution in [3.8, 4) is 0 Å². The van der Waals surface area contributed by atoms with Gasteiger partial charge >= 0.3 is 0 Å². The predicted octanol–water partition coefficient (Wildman–Crippen LogP) is 1.86. The van der Waals surface area contributed by atoms with Gasteiger partial charge in [0.15, 0.2) is 0 Å². The molecule has 1 aromatic rings. The van der Waals surface area contributed by atoms with Crippen LogP contribution in [0.25, 0.3) is 0 Å². The molecule has 1 aromatic heterocycles. The Labute approximate surface area is 127 Å². The van der Waals surface area contributed by atoms with Crippen LogP contribution in [0.3, 0.4) is 0 Å². The van der Waals surface area contributed by atoms with Crippen LogP contribution in [0.15, 0.2) is 6.33 Å². The quantitative estimate of drug-likeness (QED) is 0.548. The van der Waals surface area contributed by atoms with Gasteiger partial charge in [-0.1, -0.05) is 20.3 Å². The molecule has 6 nitrogen and oxygen atoms in total. The molecule has 1 fully saturated rings. The lowest BCUT2D eigenvalue weighted by Gasteiger charge is -2.38. The van der Waals surface area contributed by atoms with Gasteiger partial charge in [0.25, 0.3) is 0 Å². The second-order valence-corrected chi connectivity index (χ2v) is 6.41. The molecule has 2 rings (SSSR count). The molecule has 0 spiro atoms. The second kappa shape index (κ2) is 7.04. The number of hydrogen-bond donors (Lipinski definition) is 3. The number of likely N-dealkylation sites (tertiary alicyclic amines) is 1. The van der Waals surface area contributed by atoms with E-state index < -0.39 is 0 Å². The van der Waals surface area contributed by atoms with Crippen LogP contribution in [0.4, 0.5) is 11.6 Å². The maximum atomic E-state index is 5.56. The van der Waals surface area contributed by atoms with E-state index >= 15 is 0 Å². The van der Waals surface area contributed by atoms with E-state index in [1.54, 1.807) is 6.33 Å². The standard InChI is InChI=1S/C15H28N6/c1-4-5-12-13(18-11-19-14(12)20-16)17-10-15(2)6-8-21(3)9-7-15/h11H,4-10,16H2,1-3H3,(H2,17,18,19,20). The first-order valence-corrected chi connectivity index (χ1v) is 7.81. The zero-order valence-electron chi connectivity index (χ0n) is 13.4. The first-order chi connectivity index (χ1) is 10.1. The summed E-state index contributed by atoms with van der Waals surface area (Å²) >= 11 is 0. The number of rotatable bonds is 6. The largest absolute Gasteiger partial charge is 0.369 e. The minimum absolute atomic E-state index is 0.331. The van der Waals surface area contributed by atoms with E-state index in [9.17, 15) is 0 Å². The molecule has 0 atom stereocenters. The zero-order valence-corrected chi connectivity index (χ0v) is 13.4. The van der Waals surface area contributed by atoms with Gasteiger partial charge < -0.3 is 15.6 Å². The van der Waals surface area contributed by atoms with Gasteiger partial charge in [-0.2, -0.15) is 0 Å². The number of nitrogens with zero attached hydrogens (tertiary/aromatic N) is 3. The van der Waals surface area contributed by atoms with Gasteiger partial charge in [0.2, 0.25) is 0 Å². The highest BCUT2D eigenvalue weighted by Crippen LogP contribution is 2.31. The van der Waals surface area contributed by atoms with Gasteiger partial charge in [0.05, 0.1) is 0 Å². The maximum absolute atomic E-state index is 5.56. The summed E-state index contributed by atoms with van der Waals surface area (Å²) in [5.74, 6) is 7.20. The van der Waals surface area contributed by atoms with Crippen molar-refractivity contribution >= 4 is 11.6 Å². The maximum Gasteiger partial charge on any atom is 0.148 e. The second-order valence-electron chi connectivity index (χ2n) is 6.41. The fourth-order valence-corrected chi connectivity index (χ4v) is 2.81. The van der Waals surface area contributed by atoms with Gasteiger partial charge in [0, 0.05) is 12.1 Å². The lowest BCUT2D eigenvalue weighted by atomic mass is 9.80. The van der Waals surface area contributed by atoms with Crippen LogP contribution in [0, 0.1) is 5.41 Å². The molecular formula is C15H28N6. The number of nitrogens with one attached hydrogen (secondary N) is 2. The Hall–Kier alpha value is -1.40. The third-order valence-corrected chi connectivity index (χ3v) is 4.46. The minimum Gasteiger partial charge on any atom is -0.369 e. The molecular weight excluding hydrogens is 264 g/mol. The fraction of sp³-hybridized carbons (Fsp3) is 0.733. The molecule has 4 N–H and O–H groups in total. The summed E-state index contributed by atoms with van der Waals surface area (Å²) in [6.45, 7) is 7.78. The monoisotopic (exact) mass is 292 g/mol. The van der Waals surface area contributed by atoms with E-state index in [0.29, 0.717) is 5.41 Å². The van der Waals surface area contributed by atoms with E-state index in [2.05, 4.69) is 46.5 Å². The van der Waals surface area contributed by atoms with Crippen molar-refractivity contribution in [1.82, 2.24) is 14.9 Å². The van der Waals surface area contributed by atoms with Crippen LogP contribution in [-0.4, -0.2) is 41.5 Å². The highest BCUT2D eigenvalue weighted by Gasteiger charge is 2.29. The predicted molar refractivity (Wildman–Crippen MR) is 87.2 cm³/mol. The van der Waals surface area contributed by atoms with Gasteiger partial charge in [0.1, 0.15) is 18.0 Å². The Balaban J connectivity index is 2.05. The third kappa shape index (κ3) is 4.04. The molecule has 118 valence electrons. The smallest absolute Gasteiger partial charge is 0.148 e. The van der Waals surface area contributed by atoms with Gasteiger partial charge in [-0.3, -0.25) is 0 Å². The number of piperidine rings is 1. The van der Waals surface area contributed by atoms with Crippen molar-refractivity contribution in [3.05, 3.63) is 11.9 Å². The summed E-state index contributed by atoms with van der Waals surface area (Å²) in [5.41, 5.74) is 4.09. The van der Waals surface area contributed by atoms with E-state index in [4.69, 9.17) is 5.84 Å². The molecule has 21 heavy (non-hydrogen) atoms. The summed E-state index contributed by atoms with van der Waals surface area (Å²) < 4.78 is 0. The lowest BCUT2D eigenvalue weighted by molar-refractivity contribution is 0.150. The van der Waals surface area contributed by atoms with Crippen LogP contribution in [0.5, 0.6) is 0 Å². The van der Waals surface area contributed by atoms with Crippen molar-refractivity contribution < 1.29 is 0 Å². The summed E-state index contributed by atoms with van der Waals surface area (Å²) in [5, 5.41) is 3.53. The zero-order chi connectivity index (χ0) is 15.3. The number of nitrogens with two attached hydrogens (primary N) is 1. The number of anilines is 2. The van der Waals surface area contributed by atoms with E-state index in [-0.39, 0.29) is 0 Å². The molecule has 0 aliphatic carbocycles. The van der Waals surface area contributed by atoms with E-state index in [0.717, 1.165) is 36.6 Å². The first-order valence-electron chi connectivity index (χ1n) is 7.81.